The van der Waals surface area contributed by atoms with Crippen LogP contribution in [0.5, 0.6) is 0 Å². The molecule has 0 N–H and O–H groups in total. The summed E-state index contributed by atoms with van der Waals surface area (Å²) in [5, 5.41) is 0.751. The van der Waals surface area contributed by atoms with Crippen molar-refractivity contribution in [2.24, 2.45) is 17.8 Å². The van der Waals surface area contributed by atoms with Crippen molar-refractivity contribution in [3.8, 4) is 0 Å². The molecule has 0 heterocycles. The quantitative estimate of drug-likeness (QED) is 0.296. The number of thioether (sulfide) groups is 2. The minimum absolute atomic E-state index is 0.333. The van der Waals surface area contributed by atoms with E-state index in [2.05, 4.69) is 92.8 Å². The summed E-state index contributed by atoms with van der Waals surface area (Å²) >= 11 is 4.52. The highest BCUT2D eigenvalue weighted by atomic mass is 32.2. The first kappa shape index (κ1) is 24.7. The Morgan fingerprint density at radius 2 is 1.17 bits per heavy atom. The Morgan fingerprint density at radius 3 is 1.62 bits per heavy atom. The topological polar surface area (TPSA) is 0 Å². The lowest BCUT2D eigenvalue weighted by molar-refractivity contribution is 0.449. The summed E-state index contributed by atoms with van der Waals surface area (Å²) < 4.78 is 0.694. The molecular formula is C22H46S2. The maximum atomic E-state index is 2.53. The van der Waals surface area contributed by atoms with Gasteiger partial charge in [-0.15, -0.1) is 23.5 Å². The van der Waals surface area contributed by atoms with Gasteiger partial charge >= 0.3 is 0 Å². The van der Waals surface area contributed by atoms with Gasteiger partial charge in [-0.3, -0.25) is 0 Å². The first-order chi connectivity index (χ1) is 11.0. The standard InChI is InChI=1S/C22H46S2/c1-11-17(4)14-20(7)23-22(10,16-19(6)13-3)24-21(8,9)15-18(5)12-2/h17-20H,11-16H2,1-10H3. The van der Waals surface area contributed by atoms with E-state index in [0.717, 1.165) is 23.0 Å². The van der Waals surface area contributed by atoms with Crippen LogP contribution in [0.25, 0.3) is 0 Å². The van der Waals surface area contributed by atoms with Crippen molar-refractivity contribution in [3.63, 3.8) is 0 Å². The fourth-order valence-electron chi connectivity index (χ4n) is 3.71. The van der Waals surface area contributed by atoms with Gasteiger partial charge < -0.3 is 0 Å². The minimum atomic E-state index is 0.333. The monoisotopic (exact) mass is 374 g/mol. The fourth-order valence-corrected chi connectivity index (χ4v) is 8.63. The minimum Gasteiger partial charge on any atom is -0.141 e. The average Bonchev–Trinajstić information content (AvgIpc) is 2.44. The molecule has 0 saturated carbocycles. The molecule has 0 aromatic heterocycles. The Balaban J connectivity index is 5.05. The largest absolute Gasteiger partial charge is 0.141 e. The number of hydrogen-bond donors (Lipinski definition) is 0. The van der Waals surface area contributed by atoms with Crippen molar-refractivity contribution in [1.29, 1.82) is 0 Å². The summed E-state index contributed by atoms with van der Waals surface area (Å²) in [4.78, 5) is 0. The molecule has 0 spiro atoms. The average molecular weight is 375 g/mol. The van der Waals surface area contributed by atoms with Gasteiger partial charge in [-0.05, 0) is 43.9 Å². The predicted octanol–water partition coefficient (Wildman–Crippen LogP) is 8.64. The van der Waals surface area contributed by atoms with Crippen LogP contribution < -0.4 is 0 Å². The molecule has 24 heavy (non-hydrogen) atoms. The normalized spacial score (nSPS) is 20.2. The first-order valence-electron chi connectivity index (χ1n) is 10.3. The summed E-state index contributed by atoms with van der Waals surface area (Å²) in [6.07, 6.45) is 7.90. The molecule has 0 aromatic rings. The van der Waals surface area contributed by atoms with Crippen molar-refractivity contribution in [2.75, 3.05) is 0 Å². The van der Waals surface area contributed by atoms with E-state index in [-0.39, 0.29) is 0 Å². The third-order valence-electron chi connectivity index (χ3n) is 5.33. The van der Waals surface area contributed by atoms with Crippen molar-refractivity contribution >= 4 is 23.5 Å². The zero-order chi connectivity index (χ0) is 19.0. The second-order valence-electron chi connectivity index (χ2n) is 9.11. The molecule has 0 aliphatic rings. The Hall–Kier alpha value is 0.700. The van der Waals surface area contributed by atoms with Crippen LogP contribution in [0.4, 0.5) is 0 Å². The van der Waals surface area contributed by atoms with E-state index >= 15 is 0 Å². The maximum Gasteiger partial charge on any atom is 0.0593 e. The molecule has 0 nitrogen and oxygen atoms in total. The van der Waals surface area contributed by atoms with Gasteiger partial charge in [-0.2, -0.15) is 0 Å². The molecule has 5 atom stereocenters. The molecule has 0 aliphatic heterocycles. The van der Waals surface area contributed by atoms with Gasteiger partial charge in [0.05, 0.1) is 4.08 Å². The lowest BCUT2D eigenvalue weighted by atomic mass is 9.96. The van der Waals surface area contributed by atoms with E-state index in [1.807, 2.05) is 0 Å². The van der Waals surface area contributed by atoms with E-state index < -0.39 is 0 Å². The van der Waals surface area contributed by atoms with Gasteiger partial charge in [0.2, 0.25) is 0 Å². The molecule has 0 fully saturated rings. The van der Waals surface area contributed by atoms with E-state index in [0.29, 0.717) is 8.83 Å². The van der Waals surface area contributed by atoms with Crippen molar-refractivity contribution in [2.45, 2.75) is 122 Å². The van der Waals surface area contributed by atoms with Crippen LogP contribution in [0.3, 0.4) is 0 Å². The summed E-state index contributed by atoms with van der Waals surface area (Å²) in [6, 6.07) is 0. The van der Waals surface area contributed by atoms with Gasteiger partial charge in [0, 0.05) is 10.00 Å². The molecular weight excluding hydrogens is 328 g/mol. The number of hydrogen-bond acceptors (Lipinski definition) is 2. The highest BCUT2D eigenvalue weighted by Gasteiger charge is 2.36. The summed E-state index contributed by atoms with van der Waals surface area (Å²) in [7, 11) is 0. The lowest BCUT2D eigenvalue weighted by Crippen LogP contribution is -2.31. The Kier molecular flexibility index (Phi) is 11.8. The van der Waals surface area contributed by atoms with Crippen LogP contribution in [0.1, 0.15) is 108 Å². The highest BCUT2D eigenvalue weighted by molar-refractivity contribution is 8.19. The van der Waals surface area contributed by atoms with Crippen LogP contribution in [0, 0.1) is 17.8 Å². The number of rotatable bonds is 13. The first-order valence-corrected chi connectivity index (χ1v) is 12.0. The highest BCUT2D eigenvalue weighted by Crippen LogP contribution is 2.52. The van der Waals surface area contributed by atoms with E-state index in [1.165, 1.54) is 38.5 Å². The van der Waals surface area contributed by atoms with Crippen molar-refractivity contribution < 1.29 is 0 Å². The van der Waals surface area contributed by atoms with E-state index in [9.17, 15) is 0 Å². The summed E-state index contributed by atoms with van der Waals surface area (Å²) in [5.74, 6) is 2.48. The van der Waals surface area contributed by atoms with Crippen LogP contribution in [0.2, 0.25) is 0 Å². The Bertz CT molecular complexity index is 326. The molecule has 0 radical (unpaired) electrons. The smallest absolute Gasteiger partial charge is 0.0593 e. The zero-order valence-corrected chi connectivity index (χ0v) is 20.0. The summed E-state index contributed by atoms with van der Waals surface area (Å²) in [6.45, 7) is 24.2. The molecule has 0 saturated heterocycles. The van der Waals surface area contributed by atoms with E-state index in [4.69, 9.17) is 0 Å². The molecule has 2 heteroatoms. The van der Waals surface area contributed by atoms with Gasteiger partial charge in [0.1, 0.15) is 0 Å². The van der Waals surface area contributed by atoms with Crippen LogP contribution in [0.15, 0.2) is 0 Å². The zero-order valence-electron chi connectivity index (χ0n) is 18.4. The van der Waals surface area contributed by atoms with Gasteiger partial charge in [0.15, 0.2) is 0 Å². The van der Waals surface area contributed by atoms with Gasteiger partial charge in [-0.1, -0.05) is 81.6 Å². The predicted molar refractivity (Wildman–Crippen MR) is 119 cm³/mol. The fraction of sp³-hybridized carbons (Fsp3) is 1.00. The Morgan fingerprint density at radius 1 is 0.708 bits per heavy atom. The maximum absolute atomic E-state index is 2.53. The van der Waals surface area contributed by atoms with Gasteiger partial charge in [0.25, 0.3) is 0 Å². The molecule has 0 aliphatic carbocycles. The van der Waals surface area contributed by atoms with Crippen LogP contribution in [-0.2, 0) is 0 Å². The van der Waals surface area contributed by atoms with Gasteiger partial charge in [-0.25, -0.2) is 0 Å². The van der Waals surface area contributed by atoms with Crippen molar-refractivity contribution in [1.82, 2.24) is 0 Å². The third kappa shape index (κ3) is 10.6. The molecule has 146 valence electrons. The Labute approximate surface area is 163 Å². The molecule has 5 unspecified atom stereocenters. The summed E-state index contributed by atoms with van der Waals surface area (Å²) in [5.41, 5.74) is 0. The van der Waals surface area contributed by atoms with Crippen LogP contribution in [-0.4, -0.2) is 14.1 Å². The second-order valence-corrected chi connectivity index (χ2v) is 13.5. The van der Waals surface area contributed by atoms with Crippen molar-refractivity contribution in [3.05, 3.63) is 0 Å². The third-order valence-corrected chi connectivity index (χ3v) is 8.44. The lowest BCUT2D eigenvalue weighted by Gasteiger charge is -2.41. The SMILES string of the molecule is CCC(C)CC(C)SC(C)(CC(C)CC)SC(C)(C)CC(C)CC. The molecule has 0 rings (SSSR count). The van der Waals surface area contributed by atoms with Crippen LogP contribution >= 0.6 is 23.5 Å². The molecule has 0 bridgehead atoms. The molecule has 0 amide bonds. The second kappa shape index (κ2) is 11.4. The molecule has 0 aromatic carbocycles. The van der Waals surface area contributed by atoms with E-state index in [1.54, 1.807) is 0 Å².